The molecule has 4 rings (SSSR count). The summed E-state index contributed by atoms with van der Waals surface area (Å²) < 4.78 is 0. The van der Waals surface area contributed by atoms with Gasteiger partial charge in [0, 0.05) is 48.8 Å². The van der Waals surface area contributed by atoms with E-state index in [4.69, 9.17) is 4.98 Å². The molecule has 1 N–H and O–H groups in total. The van der Waals surface area contributed by atoms with Crippen molar-refractivity contribution in [3.05, 3.63) is 18.1 Å². The Kier molecular flexibility index (Phi) is 4.76. The van der Waals surface area contributed by atoms with Crippen LogP contribution in [0.2, 0.25) is 0 Å². The number of nitrogens with one attached hydrogen (secondary N) is 1. The minimum absolute atomic E-state index is 0.351. The lowest BCUT2D eigenvalue weighted by Gasteiger charge is -2.48. The first-order chi connectivity index (χ1) is 11.4. The number of anilines is 1. The fourth-order valence-corrected chi connectivity index (χ4v) is 5.02. The van der Waals surface area contributed by atoms with Crippen molar-refractivity contribution in [3.8, 4) is 0 Å². The van der Waals surface area contributed by atoms with Gasteiger partial charge in [0.15, 0.2) is 0 Å². The van der Waals surface area contributed by atoms with E-state index in [9.17, 15) is 0 Å². The first kappa shape index (κ1) is 15.7. The molecule has 2 aliphatic carbocycles. The molecule has 0 amide bonds. The van der Waals surface area contributed by atoms with Crippen molar-refractivity contribution in [3.63, 3.8) is 0 Å². The van der Waals surface area contributed by atoms with E-state index in [0.717, 1.165) is 18.2 Å². The zero-order valence-corrected chi connectivity index (χ0v) is 14.8. The summed E-state index contributed by atoms with van der Waals surface area (Å²) in [6.45, 7) is 3.55. The lowest BCUT2D eigenvalue weighted by molar-refractivity contribution is 0.0706. The van der Waals surface area contributed by atoms with Gasteiger partial charge in [-0.25, -0.2) is 9.97 Å². The van der Waals surface area contributed by atoms with Gasteiger partial charge in [0.1, 0.15) is 11.6 Å². The van der Waals surface area contributed by atoms with Crippen molar-refractivity contribution < 1.29 is 0 Å². The van der Waals surface area contributed by atoms with Gasteiger partial charge in [0.25, 0.3) is 0 Å². The number of nitrogens with zero attached hydrogens (tertiary/aromatic N) is 3. The Labute approximate surface area is 143 Å². The van der Waals surface area contributed by atoms with E-state index in [1.807, 2.05) is 12.3 Å². The number of hydrogen-bond acceptors (Lipinski definition) is 5. The third-order valence-corrected chi connectivity index (χ3v) is 6.62. The molecule has 0 radical (unpaired) electrons. The van der Waals surface area contributed by atoms with Crippen LogP contribution in [0.3, 0.4) is 0 Å². The molecule has 2 heterocycles. The van der Waals surface area contributed by atoms with Gasteiger partial charge >= 0.3 is 0 Å². The normalized spacial score (nSPS) is 25.2. The molecule has 23 heavy (non-hydrogen) atoms. The molecule has 1 aromatic rings. The van der Waals surface area contributed by atoms with Gasteiger partial charge in [0.2, 0.25) is 0 Å². The summed E-state index contributed by atoms with van der Waals surface area (Å²) in [5.74, 6) is 5.28. The van der Waals surface area contributed by atoms with E-state index in [2.05, 4.69) is 27.0 Å². The van der Waals surface area contributed by atoms with Crippen LogP contribution in [0.1, 0.15) is 56.7 Å². The average molecular weight is 333 g/mol. The fraction of sp³-hybridized carbons (Fsp3) is 0.778. The van der Waals surface area contributed by atoms with Crippen LogP contribution in [-0.2, 0) is 0 Å². The number of rotatable bonds is 5. The van der Waals surface area contributed by atoms with E-state index in [0.29, 0.717) is 11.5 Å². The minimum Gasteiger partial charge on any atom is -0.368 e. The van der Waals surface area contributed by atoms with Gasteiger partial charge in [-0.15, -0.1) is 0 Å². The van der Waals surface area contributed by atoms with Crippen LogP contribution in [0.5, 0.6) is 0 Å². The molecule has 1 aromatic heterocycles. The maximum Gasteiger partial charge on any atom is 0.133 e. The smallest absolute Gasteiger partial charge is 0.133 e. The zero-order chi connectivity index (χ0) is 15.5. The molecule has 3 aliphatic rings. The SMILES string of the molecule is c1cc(NCC2(N3CCSCC3)CCCCC2)nc(C2CC2)n1. The van der Waals surface area contributed by atoms with Gasteiger partial charge in [-0.05, 0) is 31.7 Å². The van der Waals surface area contributed by atoms with Crippen molar-refractivity contribution in [2.45, 2.75) is 56.4 Å². The first-order valence-corrected chi connectivity index (χ1v) is 10.4. The molecule has 126 valence electrons. The monoisotopic (exact) mass is 332 g/mol. The molecule has 4 nitrogen and oxygen atoms in total. The predicted octanol–water partition coefficient (Wildman–Crippen LogP) is 3.52. The molecule has 3 fully saturated rings. The van der Waals surface area contributed by atoms with E-state index in [1.165, 1.54) is 69.5 Å². The highest BCUT2D eigenvalue weighted by Gasteiger charge is 2.38. The van der Waals surface area contributed by atoms with Crippen molar-refractivity contribution in [2.75, 3.05) is 36.5 Å². The highest BCUT2D eigenvalue weighted by molar-refractivity contribution is 7.99. The van der Waals surface area contributed by atoms with Crippen molar-refractivity contribution in [1.29, 1.82) is 0 Å². The number of aromatic nitrogens is 2. The highest BCUT2D eigenvalue weighted by atomic mass is 32.2. The van der Waals surface area contributed by atoms with Gasteiger partial charge < -0.3 is 5.32 Å². The molecule has 0 aromatic carbocycles. The molecule has 2 saturated carbocycles. The van der Waals surface area contributed by atoms with Crippen LogP contribution in [0.15, 0.2) is 12.3 Å². The summed E-state index contributed by atoms with van der Waals surface area (Å²) >= 11 is 2.11. The Balaban J connectivity index is 1.45. The van der Waals surface area contributed by atoms with Crippen LogP contribution in [0.4, 0.5) is 5.82 Å². The summed E-state index contributed by atoms with van der Waals surface area (Å²) in [5.41, 5.74) is 0.351. The molecule has 0 atom stereocenters. The quantitative estimate of drug-likeness (QED) is 0.893. The summed E-state index contributed by atoms with van der Waals surface area (Å²) in [6.07, 6.45) is 11.3. The van der Waals surface area contributed by atoms with Crippen molar-refractivity contribution in [1.82, 2.24) is 14.9 Å². The van der Waals surface area contributed by atoms with Gasteiger partial charge in [0.05, 0.1) is 0 Å². The number of thioether (sulfide) groups is 1. The molecule has 0 spiro atoms. The van der Waals surface area contributed by atoms with E-state index in [1.54, 1.807) is 0 Å². The summed E-state index contributed by atoms with van der Waals surface area (Å²) in [6, 6.07) is 2.04. The summed E-state index contributed by atoms with van der Waals surface area (Å²) in [5, 5.41) is 3.68. The van der Waals surface area contributed by atoms with E-state index < -0.39 is 0 Å². The second-order valence-electron chi connectivity index (χ2n) is 7.31. The molecular weight excluding hydrogens is 304 g/mol. The van der Waals surface area contributed by atoms with Crippen LogP contribution < -0.4 is 5.32 Å². The van der Waals surface area contributed by atoms with Crippen molar-refractivity contribution in [2.24, 2.45) is 0 Å². The third-order valence-electron chi connectivity index (χ3n) is 5.68. The lowest BCUT2D eigenvalue weighted by Crippen LogP contribution is -2.57. The molecule has 1 saturated heterocycles. The fourth-order valence-electron chi connectivity index (χ4n) is 4.12. The van der Waals surface area contributed by atoms with Crippen molar-refractivity contribution >= 4 is 17.6 Å². The Morgan fingerprint density at radius 2 is 1.96 bits per heavy atom. The molecule has 1 aliphatic heterocycles. The maximum absolute atomic E-state index is 4.75. The predicted molar refractivity (Wildman–Crippen MR) is 97.2 cm³/mol. The molecule has 0 unspecified atom stereocenters. The van der Waals surface area contributed by atoms with E-state index >= 15 is 0 Å². The maximum atomic E-state index is 4.75. The molecule has 0 bridgehead atoms. The highest BCUT2D eigenvalue weighted by Crippen LogP contribution is 2.38. The largest absolute Gasteiger partial charge is 0.368 e. The van der Waals surface area contributed by atoms with E-state index in [-0.39, 0.29) is 0 Å². The van der Waals surface area contributed by atoms with Crippen LogP contribution in [0.25, 0.3) is 0 Å². The Morgan fingerprint density at radius 1 is 1.17 bits per heavy atom. The van der Waals surface area contributed by atoms with Gasteiger partial charge in [-0.2, -0.15) is 11.8 Å². The van der Waals surface area contributed by atoms with Gasteiger partial charge in [-0.3, -0.25) is 4.90 Å². The minimum atomic E-state index is 0.351. The second kappa shape index (κ2) is 6.98. The van der Waals surface area contributed by atoms with Crippen LogP contribution >= 0.6 is 11.8 Å². The molecule has 5 heteroatoms. The lowest BCUT2D eigenvalue weighted by atomic mass is 9.80. The van der Waals surface area contributed by atoms with Crippen LogP contribution in [0, 0.1) is 0 Å². The Bertz CT molecular complexity index is 520. The molecular formula is C18H28N4S. The zero-order valence-electron chi connectivity index (χ0n) is 14.0. The summed E-state index contributed by atoms with van der Waals surface area (Å²) in [4.78, 5) is 12.0. The third kappa shape index (κ3) is 3.66. The topological polar surface area (TPSA) is 41.0 Å². The second-order valence-corrected chi connectivity index (χ2v) is 8.54. The Hall–Kier alpha value is -0.810. The summed E-state index contributed by atoms with van der Waals surface area (Å²) in [7, 11) is 0. The van der Waals surface area contributed by atoms with Crippen LogP contribution in [-0.4, -0.2) is 51.5 Å². The Morgan fingerprint density at radius 3 is 2.70 bits per heavy atom. The average Bonchev–Trinajstić information content (AvgIpc) is 3.47. The standard InChI is InChI=1S/C18H28N4S/c1-2-7-18(8-3-1,22-10-12-23-13-11-22)14-20-16-6-9-19-17(21-16)15-4-5-15/h6,9,15H,1-5,7-8,10-14H2,(H,19,20,21). The first-order valence-electron chi connectivity index (χ1n) is 9.25. The number of hydrogen-bond donors (Lipinski definition) is 1. The van der Waals surface area contributed by atoms with Gasteiger partial charge in [-0.1, -0.05) is 19.3 Å².